The number of nitrogens with one attached hydrogen (secondary N) is 1. The van der Waals surface area contributed by atoms with Gasteiger partial charge in [-0.1, -0.05) is 49.1 Å². The summed E-state index contributed by atoms with van der Waals surface area (Å²) in [5.41, 5.74) is 2.37. The van der Waals surface area contributed by atoms with Crippen molar-refractivity contribution >= 4 is 23.2 Å². The molecule has 1 unspecified atom stereocenters. The number of amides is 1. The number of rotatable bonds is 6. The molecular weight excluding hydrogens is 360 g/mol. The predicted molar refractivity (Wildman–Crippen MR) is 107 cm³/mol. The van der Waals surface area contributed by atoms with Crippen molar-refractivity contribution < 1.29 is 14.3 Å². The summed E-state index contributed by atoms with van der Waals surface area (Å²) in [6, 6.07) is 7.97. The summed E-state index contributed by atoms with van der Waals surface area (Å²) in [5, 5.41) is 5.34. The number of hydrogen-bond acceptors (Lipinski definition) is 5. The number of benzene rings is 1. The third-order valence-corrected chi connectivity index (χ3v) is 5.85. The average molecular weight is 387 g/mol. The van der Waals surface area contributed by atoms with E-state index in [1.54, 1.807) is 12.3 Å². The molecule has 0 spiro atoms. The van der Waals surface area contributed by atoms with Crippen molar-refractivity contribution in [1.29, 1.82) is 0 Å². The number of carbonyl (C=O) groups is 2. The maximum atomic E-state index is 12.3. The molecule has 2 aromatic rings. The van der Waals surface area contributed by atoms with Gasteiger partial charge in [-0.15, -0.1) is 11.3 Å². The van der Waals surface area contributed by atoms with Crippen molar-refractivity contribution in [2.45, 2.75) is 52.1 Å². The zero-order valence-electron chi connectivity index (χ0n) is 15.9. The second-order valence-electron chi connectivity index (χ2n) is 7.20. The maximum Gasteiger partial charge on any atom is 0.358 e. The molecule has 27 heavy (non-hydrogen) atoms. The molecule has 1 aromatic heterocycles. The lowest BCUT2D eigenvalue weighted by Crippen LogP contribution is -2.38. The molecule has 1 fully saturated rings. The SMILES string of the molecule is Cc1ccc(-c2nc(C(=O)OC(C)C(=O)NCC3CCCCC3)cs2)cc1. The summed E-state index contributed by atoms with van der Waals surface area (Å²) in [5.74, 6) is -0.269. The van der Waals surface area contributed by atoms with Crippen LogP contribution in [0.1, 0.15) is 55.1 Å². The van der Waals surface area contributed by atoms with Gasteiger partial charge < -0.3 is 10.1 Å². The van der Waals surface area contributed by atoms with Crippen molar-refractivity contribution in [3.8, 4) is 10.6 Å². The lowest BCUT2D eigenvalue weighted by Gasteiger charge is -2.22. The van der Waals surface area contributed by atoms with Gasteiger partial charge in [-0.05, 0) is 32.6 Å². The number of thiazole rings is 1. The minimum Gasteiger partial charge on any atom is -0.448 e. The zero-order valence-corrected chi connectivity index (χ0v) is 16.7. The lowest BCUT2D eigenvalue weighted by atomic mass is 9.89. The second-order valence-corrected chi connectivity index (χ2v) is 8.06. The fraction of sp³-hybridized carbons (Fsp3) is 0.476. The van der Waals surface area contributed by atoms with E-state index in [4.69, 9.17) is 4.74 Å². The van der Waals surface area contributed by atoms with Crippen LogP contribution in [-0.4, -0.2) is 29.5 Å². The molecule has 0 radical (unpaired) electrons. The standard InChI is InChI=1S/C21H26N2O3S/c1-14-8-10-17(11-9-14)20-23-18(13-27-20)21(25)26-15(2)19(24)22-12-16-6-4-3-5-7-16/h8-11,13,15-16H,3-7,12H2,1-2H3,(H,22,24). The van der Waals surface area contributed by atoms with Crippen LogP contribution in [0, 0.1) is 12.8 Å². The van der Waals surface area contributed by atoms with Crippen LogP contribution in [0.15, 0.2) is 29.6 Å². The van der Waals surface area contributed by atoms with Gasteiger partial charge in [0.25, 0.3) is 5.91 Å². The van der Waals surface area contributed by atoms with Crippen LogP contribution < -0.4 is 5.32 Å². The molecule has 1 amide bonds. The van der Waals surface area contributed by atoms with E-state index in [1.807, 2.05) is 31.2 Å². The Morgan fingerprint density at radius 3 is 2.63 bits per heavy atom. The van der Waals surface area contributed by atoms with Crippen LogP contribution in [0.2, 0.25) is 0 Å². The zero-order chi connectivity index (χ0) is 19.2. The third kappa shape index (κ3) is 5.39. The highest BCUT2D eigenvalue weighted by molar-refractivity contribution is 7.13. The van der Waals surface area contributed by atoms with E-state index in [0.29, 0.717) is 12.5 Å². The van der Waals surface area contributed by atoms with E-state index in [0.717, 1.165) is 23.4 Å². The molecule has 1 heterocycles. The van der Waals surface area contributed by atoms with E-state index in [1.165, 1.54) is 36.2 Å². The maximum absolute atomic E-state index is 12.3. The Kier molecular flexibility index (Phi) is 6.61. The van der Waals surface area contributed by atoms with E-state index < -0.39 is 12.1 Å². The van der Waals surface area contributed by atoms with Crippen molar-refractivity contribution in [2.75, 3.05) is 6.54 Å². The summed E-state index contributed by atoms with van der Waals surface area (Å²) in [6.45, 7) is 4.28. The van der Waals surface area contributed by atoms with Crippen LogP contribution in [0.4, 0.5) is 0 Å². The molecule has 1 atom stereocenters. The molecule has 1 aliphatic rings. The monoisotopic (exact) mass is 386 g/mol. The van der Waals surface area contributed by atoms with Gasteiger partial charge in [-0.3, -0.25) is 4.79 Å². The van der Waals surface area contributed by atoms with Gasteiger partial charge in [0.15, 0.2) is 11.8 Å². The second kappa shape index (κ2) is 9.13. The Balaban J connectivity index is 1.51. The van der Waals surface area contributed by atoms with Gasteiger partial charge in [0.1, 0.15) is 5.01 Å². The minimum atomic E-state index is -0.828. The van der Waals surface area contributed by atoms with Crippen LogP contribution in [0.5, 0.6) is 0 Å². The number of carbonyl (C=O) groups excluding carboxylic acids is 2. The van der Waals surface area contributed by atoms with Crippen molar-refractivity contribution in [3.05, 3.63) is 40.9 Å². The van der Waals surface area contributed by atoms with Gasteiger partial charge in [0.2, 0.25) is 0 Å². The summed E-state index contributed by atoms with van der Waals surface area (Å²) in [4.78, 5) is 28.9. The first-order chi connectivity index (χ1) is 13.0. The molecule has 6 heteroatoms. The highest BCUT2D eigenvalue weighted by Gasteiger charge is 2.22. The van der Waals surface area contributed by atoms with E-state index >= 15 is 0 Å². The first-order valence-electron chi connectivity index (χ1n) is 9.54. The third-order valence-electron chi connectivity index (χ3n) is 4.95. The fourth-order valence-corrected chi connectivity index (χ4v) is 4.05. The Morgan fingerprint density at radius 2 is 1.93 bits per heavy atom. The Bertz CT molecular complexity index is 779. The van der Waals surface area contributed by atoms with E-state index in [9.17, 15) is 9.59 Å². The number of ether oxygens (including phenoxy) is 1. The highest BCUT2D eigenvalue weighted by Crippen LogP contribution is 2.25. The Labute approximate surface area is 164 Å². The molecule has 144 valence electrons. The summed E-state index contributed by atoms with van der Waals surface area (Å²) < 4.78 is 5.30. The normalized spacial score (nSPS) is 15.9. The average Bonchev–Trinajstić information content (AvgIpc) is 3.17. The molecule has 1 saturated carbocycles. The fourth-order valence-electron chi connectivity index (χ4n) is 3.25. The smallest absolute Gasteiger partial charge is 0.358 e. The topological polar surface area (TPSA) is 68.3 Å². The molecule has 1 N–H and O–H groups in total. The van der Waals surface area contributed by atoms with Gasteiger partial charge in [-0.2, -0.15) is 0 Å². The van der Waals surface area contributed by atoms with Crippen LogP contribution in [0.25, 0.3) is 10.6 Å². The Morgan fingerprint density at radius 1 is 1.22 bits per heavy atom. The molecule has 1 aromatic carbocycles. The van der Waals surface area contributed by atoms with Crippen molar-refractivity contribution in [1.82, 2.24) is 10.3 Å². The van der Waals surface area contributed by atoms with Gasteiger partial charge in [-0.25, -0.2) is 9.78 Å². The van der Waals surface area contributed by atoms with Gasteiger partial charge >= 0.3 is 5.97 Å². The van der Waals surface area contributed by atoms with Crippen LogP contribution in [-0.2, 0) is 9.53 Å². The first kappa shape index (κ1) is 19.5. The predicted octanol–water partition coefficient (Wildman–Crippen LogP) is 4.36. The van der Waals surface area contributed by atoms with Gasteiger partial charge in [0.05, 0.1) is 0 Å². The van der Waals surface area contributed by atoms with Crippen molar-refractivity contribution in [2.24, 2.45) is 5.92 Å². The largest absolute Gasteiger partial charge is 0.448 e. The quantitative estimate of drug-likeness (QED) is 0.749. The highest BCUT2D eigenvalue weighted by atomic mass is 32.1. The van der Waals surface area contributed by atoms with Crippen LogP contribution in [0.3, 0.4) is 0 Å². The number of hydrogen-bond donors (Lipinski definition) is 1. The van der Waals surface area contributed by atoms with E-state index in [2.05, 4.69) is 10.3 Å². The number of nitrogens with zero attached hydrogens (tertiary/aromatic N) is 1. The summed E-state index contributed by atoms with van der Waals surface area (Å²) >= 11 is 1.39. The molecule has 0 bridgehead atoms. The number of aromatic nitrogens is 1. The van der Waals surface area contributed by atoms with Crippen molar-refractivity contribution in [3.63, 3.8) is 0 Å². The lowest BCUT2D eigenvalue weighted by molar-refractivity contribution is -0.129. The summed E-state index contributed by atoms with van der Waals surface area (Å²) in [6.07, 6.45) is 5.25. The minimum absolute atomic E-state index is 0.238. The molecule has 0 saturated heterocycles. The van der Waals surface area contributed by atoms with Crippen LogP contribution >= 0.6 is 11.3 Å². The molecular formula is C21H26N2O3S. The number of aryl methyl sites for hydroxylation is 1. The molecule has 1 aliphatic carbocycles. The molecule has 3 rings (SSSR count). The van der Waals surface area contributed by atoms with Gasteiger partial charge in [0, 0.05) is 17.5 Å². The molecule has 0 aliphatic heterocycles. The first-order valence-corrected chi connectivity index (χ1v) is 10.4. The molecule has 5 nitrogen and oxygen atoms in total. The summed E-state index contributed by atoms with van der Waals surface area (Å²) in [7, 11) is 0. The Hall–Kier alpha value is -2.21. The van der Waals surface area contributed by atoms with E-state index in [-0.39, 0.29) is 11.6 Å². The number of esters is 1.